The van der Waals surface area contributed by atoms with Gasteiger partial charge in [0.25, 0.3) is 0 Å². The Bertz CT molecular complexity index is 609. The zero-order valence-corrected chi connectivity index (χ0v) is 10.5. The highest BCUT2D eigenvalue weighted by molar-refractivity contribution is 7.99. The topological polar surface area (TPSA) is 58.6 Å². The molecule has 0 aliphatic heterocycles. The molecule has 0 saturated heterocycles. The Morgan fingerprint density at radius 3 is 2.63 bits per heavy atom. The minimum Gasteiger partial charge on any atom is -0.298 e. The molecule has 0 aliphatic carbocycles. The number of aldehydes is 1. The van der Waals surface area contributed by atoms with Crippen LogP contribution in [0.4, 0.5) is 13.2 Å². The van der Waals surface area contributed by atoms with Gasteiger partial charge in [0, 0.05) is 10.5 Å². The van der Waals surface area contributed by atoms with Gasteiger partial charge in [-0.15, -0.1) is 5.10 Å². The van der Waals surface area contributed by atoms with Gasteiger partial charge in [0.1, 0.15) is 12.1 Å². The summed E-state index contributed by atoms with van der Waals surface area (Å²) in [4.78, 5) is 14.4. The second-order valence-corrected chi connectivity index (χ2v) is 4.69. The number of rotatable bonds is 3. The molecule has 2 aromatic rings. The van der Waals surface area contributed by atoms with Crippen molar-refractivity contribution in [2.45, 2.75) is 23.2 Å². The van der Waals surface area contributed by atoms with Gasteiger partial charge in [-0.25, -0.2) is 4.98 Å². The van der Waals surface area contributed by atoms with Crippen LogP contribution in [0.1, 0.15) is 21.7 Å². The number of carbonyl (C=O) groups is 1. The minimum atomic E-state index is -4.54. The SMILES string of the molecule is Cc1nc(Sc2ccc(C=O)cc2C(F)(F)F)n[nH]1. The number of aryl methyl sites for hydroxylation is 1. The molecule has 0 amide bonds. The molecule has 0 unspecified atom stereocenters. The Balaban J connectivity index is 2.41. The number of aromatic nitrogens is 3. The van der Waals surface area contributed by atoms with Crippen molar-refractivity contribution in [2.75, 3.05) is 0 Å². The summed E-state index contributed by atoms with van der Waals surface area (Å²) in [5, 5.41) is 6.51. The predicted molar refractivity (Wildman–Crippen MR) is 62.1 cm³/mol. The van der Waals surface area contributed by atoms with E-state index in [0.29, 0.717) is 12.1 Å². The van der Waals surface area contributed by atoms with Gasteiger partial charge >= 0.3 is 6.18 Å². The molecule has 1 heterocycles. The first-order valence-corrected chi connectivity index (χ1v) is 5.95. The average Bonchev–Trinajstić information content (AvgIpc) is 2.74. The first-order chi connectivity index (χ1) is 8.90. The molecule has 0 spiro atoms. The molecular weight excluding hydrogens is 279 g/mol. The van der Waals surface area contributed by atoms with Crippen molar-refractivity contribution >= 4 is 18.0 Å². The van der Waals surface area contributed by atoms with E-state index in [1.165, 1.54) is 12.1 Å². The van der Waals surface area contributed by atoms with E-state index in [1.54, 1.807) is 6.92 Å². The minimum absolute atomic E-state index is 0.0251. The van der Waals surface area contributed by atoms with E-state index >= 15 is 0 Å². The van der Waals surface area contributed by atoms with E-state index in [1.807, 2.05) is 0 Å². The van der Waals surface area contributed by atoms with E-state index in [4.69, 9.17) is 0 Å². The molecule has 0 fully saturated rings. The molecule has 0 atom stereocenters. The summed E-state index contributed by atoms with van der Waals surface area (Å²) >= 11 is 0.792. The van der Waals surface area contributed by atoms with E-state index in [-0.39, 0.29) is 15.6 Å². The van der Waals surface area contributed by atoms with Crippen molar-refractivity contribution in [3.05, 3.63) is 35.2 Å². The summed E-state index contributed by atoms with van der Waals surface area (Å²) in [5.41, 5.74) is -0.896. The van der Waals surface area contributed by atoms with Crippen LogP contribution in [0.3, 0.4) is 0 Å². The van der Waals surface area contributed by atoms with Gasteiger partial charge < -0.3 is 0 Å². The van der Waals surface area contributed by atoms with Gasteiger partial charge in [-0.2, -0.15) is 13.2 Å². The van der Waals surface area contributed by atoms with Crippen molar-refractivity contribution < 1.29 is 18.0 Å². The molecule has 0 saturated carbocycles. The fourth-order valence-corrected chi connectivity index (χ4v) is 2.29. The summed E-state index contributed by atoms with van der Waals surface area (Å²) in [6.07, 6.45) is -4.16. The van der Waals surface area contributed by atoms with Crippen molar-refractivity contribution in [3.8, 4) is 0 Å². The quantitative estimate of drug-likeness (QED) is 0.881. The lowest BCUT2D eigenvalue weighted by Crippen LogP contribution is -2.07. The molecule has 19 heavy (non-hydrogen) atoms. The van der Waals surface area contributed by atoms with Crippen molar-refractivity contribution in [3.63, 3.8) is 0 Å². The molecule has 1 aromatic carbocycles. The maximum atomic E-state index is 12.9. The number of aromatic amines is 1. The van der Waals surface area contributed by atoms with Crippen molar-refractivity contribution in [1.29, 1.82) is 0 Å². The van der Waals surface area contributed by atoms with E-state index in [0.717, 1.165) is 17.8 Å². The standard InChI is InChI=1S/C11H8F3N3OS/c1-6-15-10(17-16-6)19-9-3-2-7(5-18)4-8(9)11(12,13)14/h2-5H,1H3,(H,15,16,17). The lowest BCUT2D eigenvalue weighted by atomic mass is 10.1. The Morgan fingerprint density at radius 2 is 2.11 bits per heavy atom. The number of alkyl halides is 3. The van der Waals surface area contributed by atoms with Gasteiger partial charge in [0.15, 0.2) is 0 Å². The van der Waals surface area contributed by atoms with Crippen LogP contribution in [0.15, 0.2) is 28.3 Å². The van der Waals surface area contributed by atoms with Crippen LogP contribution in [-0.4, -0.2) is 21.5 Å². The third-order valence-electron chi connectivity index (χ3n) is 2.22. The number of hydrogen-bond donors (Lipinski definition) is 1. The maximum Gasteiger partial charge on any atom is 0.417 e. The Hall–Kier alpha value is -1.83. The molecule has 100 valence electrons. The highest BCUT2D eigenvalue weighted by atomic mass is 32.2. The largest absolute Gasteiger partial charge is 0.417 e. The summed E-state index contributed by atoms with van der Waals surface area (Å²) in [7, 11) is 0. The molecule has 4 nitrogen and oxygen atoms in total. The molecule has 1 N–H and O–H groups in total. The van der Waals surface area contributed by atoms with Gasteiger partial charge in [-0.3, -0.25) is 9.89 Å². The summed E-state index contributed by atoms with van der Waals surface area (Å²) in [6.45, 7) is 1.65. The van der Waals surface area contributed by atoms with E-state index in [2.05, 4.69) is 15.2 Å². The molecule has 2 rings (SSSR count). The molecule has 8 heteroatoms. The number of H-pyrrole nitrogens is 1. The summed E-state index contributed by atoms with van der Waals surface area (Å²) < 4.78 is 38.7. The van der Waals surface area contributed by atoms with Gasteiger partial charge in [0.05, 0.1) is 5.56 Å². The third kappa shape index (κ3) is 3.14. The second-order valence-electron chi connectivity index (χ2n) is 3.68. The number of nitrogens with zero attached hydrogens (tertiary/aromatic N) is 2. The van der Waals surface area contributed by atoms with Crippen LogP contribution in [0, 0.1) is 6.92 Å². The highest BCUT2D eigenvalue weighted by Gasteiger charge is 2.34. The highest BCUT2D eigenvalue weighted by Crippen LogP contribution is 2.38. The Kier molecular flexibility index (Phi) is 3.61. The second kappa shape index (κ2) is 5.04. The lowest BCUT2D eigenvalue weighted by molar-refractivity contribution is -0.139. The van der Waals surface area contributed by atoms with Gasteiger partial charge in [-0.05, 0) is 30.8 Å². The maximum absolute atomic E-state index is 12.9. The molecule has 0 aliphatic rings. The third-order valence-corrected chi connectivity index (χ3v) is 3.16. The summed E-state index contributed by atoms with van der Waals surface area (Å²) in [6, 6.07) is 3.38. The first-order valence-electron chi connectivity index (χ1n) is 5.13. The van der Waals surface area contributed by atoms with Crippen LogP contribution in [-0.2, 0) is 6.18 Å². The summed E-state index contributed by atoms with van der Waals surface area (Å²) in [5.74, 6) is 0.514. The molecule has 0 bridgehead atoms. The number of benzene rings is 1. The van der Waals surface area contributed by atoms with Crippen LogP contribution in [0.2, 0.25) is 0 Å². The van der Waals surface area contributed by atoms with E-state index in [9.17, 15) is 18.0 Å². The molecule has 1 aromatic heterocycles. The van der Waals surface area contributed by atoms with Crippen LogP contribution >= 0.6 is 11.8 Å². The fraction of sp³-hybridized carbons (Fsp3) is 0.182. The molecule has 0 radical (unpaired) electrons. The number of carbonyl (C=O) groups excluding carboxylic acids is 1. The van der Waals surface area contributed by atoms with E-state index < -0.39 is 11.7 Å². The Labute approximate surface area is 110 Å². The monoisotopic (exact) mass is 287 g/mol. The zero-order valence-electron chi connectivity index (χ0n) is 9.65. The van der Waals surface area contributed by atoms with Crippen LogP contribution < -0.4 is 0 Å². The first kappa shape index (κ1) is 13.6. The van der Waals surface area contributed by atoms with Crippen molar-refractivity contribution in [2.24, 2.45) is 0 Å². The predicted octanol–water partition coefficient (Wildman–Crippen LogP) is 3.10. The fourth-order valence-electron chi connectivity index (χ4n) is 1.40. The number of halogens is 3. The van der Waals surface area contributed by atoms with Crippen molar-refractivity contribution in [1.82, 2.24) is 15.2 Å². The average molecular weight is 287 g/mol. The van der Waals surface area contributed by atoms with Crippen LogP contribution in [0.25, 0.3) is 0 Å². The van der Waals surface area contributed by atoms with Gasteiger partial charge in [0.2, 0.25) is 5.16 Å². The Morgan fingerprint density at radius 1 is 1.37 bits per heavy atom. The molecular formula is C11H8F3N3OS. The lowest BCUT2D eigenvalue weighted by Gasteiger charge is -2.11. The number of nitrogens with one attached hydrogen (secondary N) is 1. The number of hydrogen-bond acceptors (Lipinski definition) is 4. The van der Waals surface area contributed by atoms with Gasteiger partial charge in [-0.1, -0.05) is 6.07 Å². The smallest absolute Gasteiger partial charge is 0.298 e. The van der Waals surface area contributed by atoms with Crippen LogP contribution in [0.5, 0.6) is 0 Å². The normalized spacial score (nSPS) is 11.6. The zero-order chi connectivity index (χ0) is 14.0.